The standard InChI is InChI=1S/C16H14N2O4/c19-15(11-5-6-13(16(20)21)17-8-11)18-12-7-10-3-1-2-4-14(10)22-9-12/h1-6,8,12H,7,9H2,(H,18,19)(H,20,21)/t12-/m1/s1. The molecule has 6 heteroatoms. The average molecular weight is 298 g/mol. The maximum absolute atomic E-state index is 12.2. The van der Waals surface area contributed by atoms with Crippen molar-refractivity contribution in [2.24, 2.45) is 0 Å². The highest BCUT2D eigenvalue weighted by Crippen LogP contribution is 2.23. The second-order valence-electron chi connectivity index (χ2n) is 5.03. The Morgan fingerprint density at radius 2 is 2.05 bits per heavy atom. The number of carbonyl (C=O) groups excluding carboxylic acids is 1. The first-order chi connectivity index (χ1) is 10.6. The van der Waals surface area contributed by atoms with Gasteiger partial charge in [-0.1, -0.05) is 18.2 Å². The largest absolute Gasteiger partial charge is 0.491 e. The summed E-state index contributed by atoms with van der Waals surface area (Å²) in [5, 5.41) is 11.7. The van der Waals surface area contributed by atoms with Gasteiger partial charge in [-0.25, -0.2) is 9.78 Å². The molecule has 112 valence electrons. The van der Waals surface area contributed by atoms with E-state index in [-0.39, 0.29) is 17.6 Å². The summed E-state index contributed by atoms with van der Waals surface area (Å²) in [4.78, 5) is 26.6. The number of carboxylic acid groups (broad SMARTS) is 1. The predicted molar refractivity (Wildman–Crippen MR) is 78.1 cm³/mol. The summed E-state index contributed by atoms with van der Waals surface area (Å²) in [6.07, 6.45) is 1.96. The smallest absolute Gasteiger partial charge is 0.354 e. The molecule has 0 bridgehead atoms. The van der Waals surface area contributed by atoms with Gasteiger partial charge in [-0.15, -0.1) is 0 Å². The minimum absolute atomic E-state index is 0.0912. The Balaban J connectivity index is 1.66. The Bertz CT molecular complexity index is 712. The van der Waals surface area contributed by atoms with E-state index in [1.807, 2.05) is 24.3 Å². The molecule has 2 aromatic rings. The van der Waals surface area contributed by atoms with Crippen LogP contribution in [0.1, 0.15) is 26.4 Å². The summed E-state index contributed by atoms with van der Waals surface area (Å²) >= 11 is 0. The van der Waals surface area contributed by atoms with Crippen LogP contribution in [0.3, 0.4) is 0 Å². The van der Waals surface area contributed by atoms with Crippen molar-refractivity contribution >= 4 is 11.9 Å². The van der Waals surface area contributed by atoms with Crippen LogP contribution in [0.15, 0.2) is 42.6 Å². The molecule has 0 unspecified atom stereocenters. The average Bonchev–Trinajstić information content (AvgIpc) is 2.55. The van der Waals surface area contributed by atoms with E-state index in [4.69, 9.17) is 9.84 Å². The Hall–Kier alpha value is -2.89. The number of aromatic carboxylic acids is 1. The molecule has 0 spiro atoms. The number of pyridine rings is 1. The number of nitrogens with zero attached hydrogens (tertiary/aromatic N) is 1. The minimum Gasteiger partial charge on any atom is -0.491 e. The number of nitrogens with one attached hydrogen (secondary N) is 1. The van der Waals surface area contributed by atoms with Gasteiger partial charge in [-0.3, -0.25) is 4.79 Å². The molecule has 3 rings (SSSR count). The van der Waals surface area contributed by atoms with Crippen LogP contribution in [0.5, 0.6) is 5.75 Å². The number of amides is 1. The van der Waals surface area contributed by atoms with Gasteiger partial charge in [0.15, 0.2) is 0 Å². The fourth-order valence-electron chi connectivity index (χ4n) is 2.34. The molecular formula is C16H14N2O4. The summed E-state index contributed by atoms with van der Waals surface area (Å²) in [5.41, 5.74) is 1.29. The zero-order valence-corrected chi connectivity index (χ0v) is 11.7. The van der Waals surface area contributed by atoms with Crippen LogP contribution in [-0.2, 0) is 6.42 Å². The molecule has 0 fully saturated rings. The second-order valence-corrected chi connectivity index (χ2v) is 5.03. The summed E-state index contributed by atoms with van der Waals surface area (Å²) in [7, 11) is 0. The molecular weight excluding hydrogens is 284 g/mol. The van der Waals surface area contributed by atoms with Gasteiger partial charge in [-0.2, -0.15) is 0 Å². The Morgan fingerprint density at radius 1 is 1.23 bits per heavy atom. The summed E-state index contributed by atoms with van der Waals surface area (Å²) in [5.74, 6) is -0.567. The molecule has 1 amide bonds. The summed E-state index contributed by atoms with van der Waals surface area (Å²) in [6.45, 7) is 0.406. The van der Waals surface area contributed by atoms with Crippen LogP contribution in [-0.4, -0.2) is 34.6 Å². The second kappa shape index (κ2) is 5.85. The maximum Gasteiger partial charge on any atom is 0.354 e. The van der Waals surface area contributed by atoms with Crippen molar-refractivity contribution in [3.63, 3.8) is 0 Å². The van der Waals surface area contributed by atoms with Gasteiger partial charge in [-0.05, 0) is 30.2 Å². The Morgan fingerprint density at radius 3 is 2.77 bits per heavy atom. The van der Waals surface area contributed by atoms with E-state index in [0.717, 1.165) is 11.3 Å². The van der Waals surface area contributed by atoms with Crippen LogP contribution >= 0.6 is 0 Å². The Kier molecular flexibility index (Phi) is 3.74. The number of ether oxygens (including phenoxy) is 1. The van der Waals surface area contributed by atoms with Gasteiger partial charge >= 0.3 is 5.97 Å². The molecule has 1 aromatic heterocycles. The molecule has 6 nitrogen and oxygen atoms in total. The molecule has 0 saturated heterocycles. The first-order valence-electron chi connectivity index (χ1n) is 6.84. The number of benzene rings is 1. The van der Waals surface area contributed by atoms with Gasteiger partial charge in [0, 0.05) is 6.20 Å². The van der Waals surface area contributed by atoms with Crippen molar-refractivity contribution in [3.05, 3.63) is 59.4 Å². The number of carbonyl (C=O) groups is 2. The van der Waals surface area contributed by atoms with E-state index in [0.29, 0.717) is 18.6 Å². The quantitative estimate of drug-likeness (QED) is 0.896. The van der Waals surface area contributed by atoms with Crippen LogP contribution in [0.4, 0.5) is 0 Å². The Labute approximate surface area is 126 Å². The molecule has 2 heterocycles. The molecule has 1 aromatic carbocycles. The van der Waals surface area contributed by atoms with Crippen molar-refractivity contribution in [2.75, 3.05) is 6.61 Å². The number of aromatic nitrogens is 1. The monoisotopic (exact) mass is 298 g/mol. The SMILES string of the molecule is O=C(N[C@H]1COc2ccccc2C1)c1ccc(C(=O)O)nc1. The number of fused-ring (bicyclic) bond motifs is 1. The van der Waals surface area contributed by atoms with Gasteiger partial charge in [0.25, 0.3) is 5.91 Å². The molecule has 0 saturated carbocycles. The maximum atomic E-state index is 12.2. The number of para-hydroxylation sites is 1. The van der Waals surface area contributed by atoms with Crippen LogP contribution in [0, 0.1) is 0 Å². The molecule has 1 aliphatic heterocycles. The lowest BCUT2D eigenvalue weighted by Crippen LogP contribution is -2.42. The first kappa shape index (κ1) is 14.1. The normalized spacial score (nSPS) is 16.3. The summed E-state index contributed by atoms with van der Waals surface area (Å²) in [6, 6.07) is 10.3. The van der Waals surface area contributed by atoms with Gasteiger partial charge in [0.2, 0.25) is 0 Å². The molecule has 2 N–H and O–H groups in total. The predicted octanol–water partition coefficient (Wildman–Crippen LogP) is 1.51. The number of hydrogen-bond acceptors (Lipinski definition) is 4. The summed E-state index contributed by atoms with van der Waals surface area (Å²) < 4.78 is 5.62. The molecule has 1 atom stereocenters. The van der Waals surface area contributed by atoms with Crippen LogP contribution in [0.25, 0.3) is 0 Å². The fraction of sp³-hybridized carbons (Fsp3) is 0.188. The van der Waals surface area contributed by atoms with E-state index >= 15 is 0 Å². The molecule has 1 aliphatic rings. The third kappa shape index (κ3) is 2.90. The zero-order valence-electron chi connectivity index (χ0n) is 11.7. The van der Waals surface area contributed by atoms with E-state index in [1.165, 1.54) is 18.3 Å². The van der Waals surface area contributed by atoms with E-state index in [1.54, 1.807) is 0 Å². The third-order valence-electron chi connectivity index (χ3n) is 3.46. The number of hydrogen-bond donors (Lipinski definition) is 2. The van der Waals surface area contributed by atoms with Crippen molar-refractivity contribution in [1.82, 2.24) is 10.3 Å². The van der Waals surface area contributed by atoms with E-state index in [2.05, 4.69) is 10.3 Å². The highest BCUT2D eigenvalue weighted by molar-refractivity contribution is 5.95. The lowest BCUT2D eigenvalue weighted by molar-refractivity contribution is 0.0689. The van der Waals surface area contributed by atoms with Crippen LogP contribution in [0.2, 0.25) is 0 Å². The van der Waals surface area contributed by atoms with E-state index < -0.39 is 5.97 Å². The van der Waals surface area contributed by atoms with Gasteiger partial charge in [0.1, 0.15) is 18.1 Å². The number of rotatable bonds is 3. The van der Waals surface area contributed by atoms with Crippen molar-refractivity contribution in [1.29, 1.82) is 0 Å². The molecule has 0 aliphatic carbocycles. The third-order valence-corrected chi connectivity index (χ3v) is 3.46. The minimum atomic E-state index is -1.12. The lowest BCUT2D eigenvalue weighted by atomic mass is 10.0. The zero-order chi connectivity index (χ0) is 15.5. The lowest BCUT2D eigenvalue weighted by Gasteiger charge is -2.26. The highest BCUT2D eigenvalue weighted by Gasteiger charge is 2.21. The van der Waals surface area contributed by atoms with Crippen molar-refractivity contribution in [3.8, 4) is 5.75 Å². The van der Waals surface area contributed by atoms with Gasteiger partial charge in [0.05, 0.1) is 11.6 Å². The van der Waals surface area contributed by atoms with Crippen molar-refractivity contribution in [2.45, 2.75) is 12.5 Å². The fourth-order valence-corrected chi connectivity index (χ4v) is 2.34. The highest BCUT2D eigenvalue weighted by atomic mass is 16.5. The van der Waals surface area contributed by atoms with Crippen molar-refractivity contribution < 1.29 is 19.4 Å². The molecule has 22 heavy (non-hydrogen) atoms. The molecule has 0 radical (unpaired) electrons. The van der Waals surface area contributed by atoms with E-state index in [9.17, 15) is 9.59 Å². The van der Waals surface area contributed by atoms with Gasteiger partial charge < -0.3 is 15.2 Å². The topological polar surface area (TPSA) is 88.5 Å². The number of carboxylic acids is 1. The first-order valence-corrected chi connectivity index (χ1v) is 6.84. The van der Waals surface area contributed by atoms with Crippen LogP contribution < -0.4 is 10.1 Å².